The van der Waals surface area contributed by atoms with Crippen molar-refractivity contribution >= 4 is 21.6 Å². The molecule has 0 saturated heterocycles. The summed E-state index contributed by atoms with van der Waals surface area (Å²) in [6.45, 7) is 6.01. The number of benzene rings is 2. The molecule has 0 aliphatic rings. The summed E-state index contributed by atoms with van der Waals surface area (Å²) in [7, 11) is -3.62. The lowest BCUT2D eigenvalue weighted by molar-refractivity contribution is -0.121. The molecule has 0 unspecified atom stereocenters. The molecule has 7 heteroatoms. The Kier molecular flexibility index (Phi) is 6.85. The predicted molar refractivity (Wildman–Crippen MR) is 108 cm³/mol. The van der Waals surface area contributed by atoms with E-state index in [0.717, 1.165) is 21.7 Å². The number of rotatable bonds is 8. The lowest BCUT2D eigenvalue weighted by Gasteiger charge is -2.28. The molecule has 0 fully saturated rings. The molecule has 0 heterocycles. The van der Waals surface area contributed by atoms with Crippen LogP contribution in [0.1, 0.15) is 18.1 Å². The van der Waals surface area contributed by atoms with Gasteiger partial charge < -0.3 is 10.1 Å². The second-order valence-electron chi connectivity index (χ2n) is 6.46. The summed E-state index contributed by atoms with van der Waals surface area (Å²) < 4.78 is 31.3. The number of nitrogens with zero attached hydrogens (tertiary/aromatic N) is 1. The Morgan fingerprint density at radius 1 is 1.11 bits per heavy atom. The zero-order valence-corrected chi connectivity index (χ0v) is 16.9. The van der Waals surface area contributed by atoms with Gasteiger partial charge in [-0.3, -0.25) is 9.10 Å². The second-order valence-corrected chi connectivity index (χ2v) is 8.32. The maximum Gasteiger partial charge on any atom is 0.243 e. The number of amides is 1. The van der Waals surface area contributed by atoms with E-state index < -0.39 is 16.1 Å². The third kappa shape index (κ3) is 5.72. The highest BCUT2D eigenvalue weighted by Crippen LogP contribution is 2.23. The van der Waals surface area contributed by atoms with Crippen molar-refractivity contribution < 1.29 is 17.9 Å². The van der Waals surface area contributed by atoms with Gasteiger partial charge in [0.05, 0.1) is 18.5 Å². The van der Waals surface area contributed by atoms with Crippen LogP contribution in [0.5, 0.6) is 5.75 Å². The summed E-state index contributed by atoms with van der Waals surface area (Å²) in [5.74, 6) is 0.336. The topological polar surface area (TPSA) is 75.7 Å². The van der Waals surface area contributed by atoms with E-state index >= 15 is 0 Å². The normalized spacial score (nSPS) is 12.3. The van der Waals surface area contributed by atoms with E-state index in [2.05, 4.69) is 5.32 Å². The van der Waals surface area contributed by atoms with Crippen molar-refractivity contribution in [1.29, 1.82) is 0 Å². The van der Waals surface area contributed by atoms with Crippen LogP contribution in [0.2, 0.25) is 0 Å². The van der Waals surface area contributed by atoms with Crippen molar-refractivity contribution in [2.45, 2.75) is 26.8 Å². The van der Waals surface area contributed by atoms with Crippen LogP contribution in [0.4, 0.5) is 5.69 Å². The van der Waals surface area contributed by atoms with Gasteiger partial charge in [-0.05, 0) is 56.2 Å². The van der Waals surface area contributed by atoms with E-state index in [-0.39, 0.29) is 12.5 Å². The molecule has 1 N–H and O–H groups in total. The molecule has 27 heavy (non-hydrogen) atoms. The third-order valence-electron chi connectivity index (χ3n) is 4.25. The molecule has 0 aliphatic heterocycles. The highest BCUT2D eigenvalue weighted by Gasteiger charge is 2.29. The van der Waals surface area contributed by atoms with Crippen LogP contribution in [0, 0.1) is 13.8 Å². The van der Waals surface area contributed by atoms with Crippen molar-refractivity contribution in [3.05, 3.63) is 59.7 Å². The fraction of sp³-hybridized carbons (Fsp3) is 0.350. The van der Waals surface area contributed by atoms with E-state index in [1.54, 1.807) is 19.1 Å². The quantitative estimate of drug-likeness (QED) is 0.703. The van der Waals surface area contributed by atoms with Gasteiger partial charge in [0, 0.05) is 0 Å². The molecule has 0 aliphatic carbocycles. The predicted octanol–water partition coefficient (Wildman–Crippen LogP) is 2.65. The second kappa shape index (κ2) is 8.90. The van der Waals surface area contributed by atoms with E-state index in [1.807, 2.05) is 50.2 Å². The standard InChI is InChI=1S/C20H26N2O4S/c1-15-10-11-18(14-16(15)2)22(27(4,24)25)17(3)20(23)21-12-13-26-19-8-6-5-7-9-19/h5-11,14,17H,12-13H2,1-4H3,(H,21,23)/t17-/m0/s1. The van der Waals surface area contributed by atoms with Crippen molar-refractivity contribution in [1.82, 2.24) is 5.32 Å². The van der Waals surface area contributed by atoms with Crippen LogP contribution in [0.3, 0.4) is 0 Å². The lowest BCUT2D eigenvalue weighted by Crippen LogP contribution is -2.48. The Hall–Kier alpha value is -2.54. The van der Waals surface area contributed by atoms with Crippen molar-refractivity contribution in [2.75, 3.05) is 23.7 Å². The van der Waals surface area contributed by atoms with Gasteiger partial charge in [0.15, 0.2) is 0 Å². The zero-order chi connectivity index (χ0) is 20.0. The van der Waals surface area contributed by atoms with Crippen LogP contribution in [0.15, 0.2) is 48.5 Å². The van der Waals surface area contributed by atoms with Gasteiger partial charge in [0.25, 0.3) is 0 Å². The van der Waals surface area contributed by atoms with Gasteiger partial charge in [0.1, 0.15) is 18.4 Å². The Morgan fingerprint density at radius 2 is 1.78 bits per heavy atom. The Morgan fingerprint density at radius 3 is 2.37 bits per heavy atom. The number of hydrogen-bond acceptors (Lipinski definition) is 4. The number of para-hydroxylation sites is 1. The smallest absolute Gasteiger partial charge is 0.243 e. The number of carbonyl (C=O) groups is 1. The molecule has 2 aromatic rings. The number of sulfonamides is 1. The average Bonchev–Trinajstić information content (AvgIpc) is 2.61. The molecule has 146 valence electrons. The van der Waals surface area contributed by atoms with Crippen LogP contribution in [-0.4, -0.2) is 39.8 Å². The first kappa shape index (κ1) is 20.8. The number of anilines is 1. The Labute approximate surface area is 161 Å². The highest BCUT2D eigenvalue weighted by atomic mass is 32.2. The molecule has 2 aromatic carbocycles. The first-order valence-electron chi connectivity index (χ1n) is 8.72. The summed E-state index contributed by atoms with van der Waals surface area (Å²) in [6, 6.07) is 13.7. The molecule has 0 radical (unpaired) electrons. The monoisotopic (exact) mass is 390 g/mol. The van der Waals surface area contributed by atoms with Gasteiger partial charge in [0.2, 0.25) is 15.9 Å². The number of aryl methyl sites for hydroxylation is 2. The molecule has 1 atom stereocenters. The number of ether oxygens (including phenoxy) is 1. The molecule has 6 nitrogen and oxygen atoms in total. The average molecular weight is 391 g/mol. The van der Waals surface area contributed by atoms with Gasteiger partial charge in [-0.15, -0.1) is 0 Å². The fourth-order valence-electron chi connectivity index (χ4n) is 2.68. The highest BCUT2D eigenvalue weighted by molar-refractivity contribution is 7.92. The minimum atomic E-state index is -3.62. The van der Waals surface area contributed by atoms with E-state index in [4.69, 9.17) is 4.74 Å². The van der Waals surface area contributed by atoms with E-state index in [9.17, 15) is 13.2 Å². The Balaban J connectivity index is 2.03. The molecule has 2 rings (SSSR count). The maximum atomic E-state index is 12.5. The minimum absolute atomic E-state index is 0.280. The van der Waals surface area contributed by atoms with E-state index in [0.29, 0.717) is 18.0 Å². The van der Waals surface area contributed by atoms with Crippen molar-refractivity contribution in [2.24, 2.45) is 0 Å². The number of carbonyl (C=O) groups excluding carboxylic acids is 1. The number of nitrogens with one attached hydrogen (secondary N) is 1. The zero-order valence-electron chi connectivity index (χ0n) is 16.1. The largest absolute Gasteiger partial charge is 0.492 e. The van der Waals surface area contributed by atoms with Gasteiger partial charge in [-0.2, -0.15) is 0 Å². The minimum Gasteiger partial charge on any atom is -0.492 e. The molecule has 1 amide bonds. The van der Waals surface area contributed by atoms with Crippen molar-refractivity contribution in [3.8, 4) is 5.75 Å². The fourth-order valence-corrected chi connectivity index (χ4v) is 3.85. The van der Waals surface area contributed by atoms with Crippen LogP contribution in [0.25, 0.3) is 0 Å². The van der Waals surface area contributed by atoms with Crippen LogP contribution >= 0.6 is 0 Å². The molecular formula is C20H26N2O4S. The first-order valence-corrected chi connectivity index (χ1v) is 10.6. The van der Waals surface area contributed by atoms with Crippen LogP contribution < -0.4 is 14.4 Å². The summed E-state index contributed by atoms with van der Waals surface area (Å²) in [5, 5.41) is 2.73. The Bertz CT molecular complexity index is 882. The third-order valence-corrected chi connectivity index (χ3v) is 5.49. The van der Waals surface area contributed by atoms with Gasteiger partial charge in [-0.1, -0.05) is 24.3 Å². The number of hydrogen-bond donors (Lipinski definition) is 1. The van der Waals surface area contributed by atoms with Crippen molar-refractivity contribution in [3.63, 3.8) is 0 Å². The molecule has 0 aromatic heterocycles. The summed E-state index contributed by atoms with van der Waals surface area (Å²) in [4.78, 5) is 12.5. The maximum absolute atomic E-state index is 12.5. The summed E-state index contributed by atoms with van der Waals surface area (Å²) in [6.07, 6.45) is 1.10. The first-order chi connectivity index (χ1) is 12.7. The SMILES string of the molecule is Cc1ccc(N([C@@H](C)C(=O)NCCOc2ccccc2)S(C)(=O)=O)cc1C. The molecule has 0 saturated carbocycles. The van der Waals surface area contributed by atoms with E-state index in [1.165, 1.54) is 0 Å². The summed E-state index contributed by atoms with van der Waals surface area (Å²) in [5.41, 5.74) is 2.50. The molecule has 0 spiro atoms. The van der Waals surface area contributed by atoms with Gasteiger partial charge in [-0.25, -0.2) is 8.42 Å². The van der Waals surface area contributed by atoms with Gasteiger partial charge >= 0.3 is 0 Å². The lowest BCUT2D eigenvalue weighted by atomic mass is 10.1. The summed E-state index contributed by atoms with van der Waals surface area (Å²) >= 11 is 0. The molecular weight excluding hydrogens is 364 g/mol. The molecule has 0 bridgehead atoms. The van der Waals surface area contributed by atoms with Crippen LogP contribution in [-0.2, 0) is 14.8 Å².